The number of aromatic nitrogens is 3. The average Bonchev–Trinajstić information content (AvgIpc) is 3.66. The maximum atomic E-state index is 5.26. The summed E-state index contributed by atoms with van der Waals surface area (Å²) in [6, 6.07) is 47.8. The summed E-state index contributed by atoms with van der Waals surface area (Å²) in [7, 11) is 0. The molecule has 6 aromatic carbocycles. The van der Waals surface area contributed by atoms with Crippen molar-refractivity contribution >= 4 is 64.2 Å². The first-order valence-corrected chi connectivity index (χ1v) is 15.9. The van der Waals surface area contributed by atoms with Crippen LogP contribution in [0.1, 0.15) is 12.7 Å². The van der Waals surface area contributed by atoms with Gasteiger partial charge in [0.25, 0.3) is 0 Å². The molecule has 0 saturated heterocycles. The Morgan fingerprint density at radius 2 is 1.30 bits per heavy atom. The molecule has 3 aromatic heterocycles. The zero-order chi connectivity index (χ0) is 29.2. The lowest BCUT2D eigenvalue weighted by Crippen LogP contribution is -1.99. The minimum absolute atomic E-state index is 0.874. The van der Waals surface area contributed by atoms with E-state index in [1.54, 1.807) is 0 Å². The number of pyridine rings is 1. The Kier molecular flexibility index (Phi) is 5.65. The van der Waals surface area contributed by atoms with Gasteiger partial charge >= 0.3 is 0 Å². The standard InChI is InChI=1S/C40H27N3S/c1-2-37-41-34-15-6-7-16-35(34)43(37)28-20-18-25(19-21-28)26-10-9-11-27(24-26)39-32-23-22-30-29-12-4-8-17-36(29)44-40(30)38(32)31-13-3-5-14-33(31)42-39/h3-24H,2H2,1H3. The first kappa shape index (κ1) is 25.2. The summed E-state index contributed by atoms with van der Waals surface area (Å²) in [5.41, 5.74) is 8.82. The second-order valence-corrected chi connectivity index (χ2v) is 12.3. The molecule has 9 aromatic rings. The van der Waals surface area contributed by atoms with Crippen LogP contribution in [-0.4, -0.2) is 14.5 Å². The summed E-state index contributed by atoms with van der Waals surface area (Å²) in [5, 5.41) is 6.31. The molecule has 9 rings (SSSR count). The Labute approximate surface area is 258 Å². The van der Waals surface area contributed by atoms with Gasteiger partial charge in [-0.25, -0.2) is 9.97 Å². The van der Waals surface area contributed by atoms with E-state index < -0.39 is 0 Å². The second kappa shape index (κ2) is 9.87. The predicted molar refractivity (Wildman–Crippen MR) is 187 cm³/mol. The molecule has 0 N–H and O–H groups in total. The fourth-order valence-electron chi connectivity index (χ4n) is 6.69. The van der Waals surface area contributed by atoms with Crippen LogP contribution in [-0.2, 0) is 6.42 Å². The molecule has 0 aliphatic rings. The number of thiophene rings is 1. The van der Waals surface area contributed by atoms with Crippen molar-refractivity contribution in [3.63, 3.8) is 0 Å². The predicted octanol–water partition coefficient (Wildman–Crippen LogP) is 11.0. The third-order valence-electron chi connectivity index (χ3n) is 8.75. The van der Waals surface area contributed by atoms with E-state index in [1.165, 1.54) is 47.5 Å². The molecule has 0 atom stereocenters. The van der Waals surface area contributed by atoms with Gasteiger partial charge < -0.3 is 0 Å². The number of para-hydroxylation sites is 3. The zero-order valence-corrected chi connectivity index (χ0v) is 25.0. The summed E-state index contributed by atoms with van der Waals surface area (Å²) < 4.78 is 4.92. The molecule has 0 amide bonds. The summed E-state index contributed by atoms with van der Waals surface area (Å²) >= 11 is 1.88. The molecule has 0 aliphatic heterocycles. The fourth-order valence-corrected chi connectivity index (χ4v) is 7.95. The van der Waals surface area contributed by atoms with Crippen molar-refractivity contribution in [3.8, 4) is 28.1 Å². The van der Waals surface area contributed by atoms with Crippen LogP contribution in [0.15, 0.2) is 133 Å². The number of rotatable bonds is 4. The van der Waals surface area contributed by atoms with E-state index in [0.29, 0.717) is 0 Å². The number of nitrogens with zero attached hydrogens (tertiary/aromatic N) is 3. The van der Waals surface area contributed by atoms with Gasteiger partial charge in [-0.2, -0.15) is 0 Å². The van der Waals surface area contributed by atoms with Crippen molar-refractivity contribution in [2.75, 3.05) is 0 Å². The summed E-state index contributed by atoms with van der Waals surface area (Å²) in [6.45, 7) is 2.16. The van der Waals surface area contributed by atoms with Gasteiger partial charge in [-0.1, -0.05) is 97.9 Å². The van der Waals surface area contributed by atoms with Crippen molar-refractivity contribution in [2.24, 2.45) is 0 Å². The lowest BCUT2D eigenvalue weighted by molar-refractivity contribution is 0.908. The van der Waals surface area contributed by atoms with Crippen molar-refractivity contribution in [2.45, 2.75) is 13.3 Å². The van der Waals surface area contributed by atoms with Crippen molar-refractivity contribution in [1.29, 1.82) is 0 Å². The summed E-state index contributed by atoms with van der Waals surface area (Å²) in [4.78, 5) is 10.1. The third kappa shape index (κ3) is 3.81. The van der Waals surface area contributed by atoms with Gasteiger partial charge in [-0.05, 0) is 53.6 Å². The summed E-state index contributed by atoms with van der Waals surface area (Å²) in [5.74, 6) is 1.07. The molecule has 3 nitrogen and oxygen atoms in total. The van der Waals surface area contributed by atoms with Crippen LogP contribution >= 0.6 is 11.3 Å². The lowest BCUT2D eigenvalue weighted by atomic mass is 9.96. The van der Waals surface area contributed by atoms with E-state index in [1.807, 2.05) is 17.4 Å². The molecule has 4 heteroatoms. The van der Waals surface area contributed by atoms with Gasteiger partial charge in [-0.15, -0.1) is 11.3 Å². The maximum Gasteiger partial charge on any atom is 0.114 e. The van der Waals surface area contributed by atoms with Crippen LogP contribution in [0.4, 0.5) is 0 Å². The van der Waals surface area contributed by atoms with Crippen molar-refractivity contribution in [1.82, 2.24) is 14.5 Å². The highest BCUT2D eigenvalue weighted by Gasteiger charge is 2.17. The van der Waals surface area contributed by atoms with Crippen LogP contribution in [0.2, 0.25) is 0 Å². The molecule has 0 unspecified atom stereocenters. The van der Waals surface area contributed by atoms with Gasteiger partial charge in [0.1, 0.15) is 5.82 Å². The Bertz CT molecular complexity index is 2540. The highest BCUT2D eigenvalue weighted by molar-refractivity contribution is 7.26. The van der Waals surface area contributed by atoms with Crippen molar-refractivity contribution in [3.05, 3.63) is 139 Å². The molecule has 0 spiro atoms. The first-order valence-electron chi connectivity index (χ1n) is 15.1. The number of hydrogen-bond acceptors (Lipinski definition) is 3. The molecule has 0 aliphatic carbocycles. The van der Waals surface area contributed by atoms with Crippen LogP contribution in [0.25, 0.3) is 81.0 Å². The molecule has 0 saturated carbocycles. The Hall–Kier alpha value is -5.32. The van der Waals surface area contributed by atoms with Crippen LogP contribution in [0, 0.1) is 0 Å². The largest absolute Gasteiger partial charge is 0.296 e. The van der Waals surface area contributed by atoms with Gasteiger partial charge in [-0.3, -0.25) is 4.57 Å². The maximum absolute atomic E-state index is 5.26. The smallest absolute Gasteiger partial charge is 0.114 e. The van der Waals surface area contributed by atoms with E-state index in [-0.39, 0.29) is 0 Å². The molecule has 0 fully saturated rings. The zero-order valence-electron chi connectivity index (χ0n) is 24.2. The van der Waals surface area contributed by atoms with Crippen LogP contribution in [0.5, 0.6) is 0 Å². The lowest BCUT2D eigenvalue weighted by Gasteiger charge is -2.13. The SMILES string of the molecule is CCc1nc2ccccc2n1-c1ccc(-c2cccc(-c3nc4ccccc4c4c3ccc3c5ccccc5sc34)c2)cc1. The Morgan fingerprint density at radius 3 is 2.16 bits per heavy atom. The molecule has 3 heterocycles. The van der Waals surface area contributed by atoms with Gasteiger partial charge in [0.2, 0.25) is 0 Å². The topological polar surface area (TPSA) is 30.7 Å². The van der Waals surface area contributed by atoms with E-state index in [4.69, 9.17) is 9.97 Å². The van der Waals surface area contributed by atoms with Crippen LogP contribution in [0.3, 0.4) is 0 Å². The fraction of sp³-hybridized carbons (Fsp3) is 0.0500. The monoisotopic (exact) mass is 581 g/mol. The van der Waals surface area contributed by atoms with E-state index in [9.17, 15) is 0 Å². The number of aryl methyl sites for hydroxylation is 1. The highest BCUT2D eigenvalue weighted by Crippen LogP contribution is 2.43. The normalized spacial score (nSPS) is 11.8. The third-order valence-corrected chi connectivity index (χ3v) is 9.95. The van der Waals surface area contributed by atoms with E-state index >= 15 is 0 Å². The van der Waals surface area contributed by atoms with Gasteiger partial charge in [0.05, 0.1) is 22.2 Å². The number of benzene rings is 6. The minimum atomic E-state index is 0.874. The number of hydrogen-bond donors (Lipinski definition) is 0. The second-order valence-electron chi connectivity index (χ2n) is 11.3. The Balaban J connectivity index is 1.20. The minimum Gasteiger partial charge on any atom is -0.296 e. The van der Waals surface area contributed by atoms with Gasteiger partial charge in [0, 0.05) is 54.0 Å². The summed E-state index contributed by atoms with van der Waals surface area (Å²) in [6.07, 6.45) is 0.874. The molecule has 0 radical (unpaired) electrons. The highest BCUT2D eigenvalue weighted by atomic mass is 32.1. The first-order chi connectivity index (χ1) is 21.8. The van der Waals surface area contributed by atoms with Crippen molar-refractivity contribution < 1.29 is 0 Å². The number of fused-ring (bicyclic) bond motifs is 8. The molecule has 0 bridgehead atoms. The van der Waals surface area contributed by atoms with Crippen LogP contribution < -0.4 is 0 Å². The molecular formula is C40H27N3S. The van der Waals surface area contributed by atoms with E-state index in [0.717, 1.165) is 45.7 Å². The molecule has 44 heavy (non-hydrogen) atoms. The quantitative estimate of drug-likeness (QED) is 0.194. The number of imidazole rings is 1. The van der Waals surface area contributed by atoms with E-state index in [2.05, 4.69) is 139 Å². The molecular weight excluding hydrogens is 555 g/mol. The Morgan fingerprint density at radius 1 is 0.568 bits per heavy atom. The molecule has 208 valence electrons. The van der Waals surface area contributed by atoms with Gasteiger partial charge in [0.15, 0.2) is 0 Å². The average molecular weight is 582 g/mol.